The second-order valence-corrected chi connectivity index (χ2v) is 7.77. The summed E-state index contributed by atoms with van der Waals surface area (Å²) in [5, 5.41) is 19.6. The van der Waals surface area contributed by atoms with Crippen molar-refractivity contribution in [2.45, 2.75) is 32.6 Å². The number of hydrogen-bond acceptors (Lipinski definition) is 4. The molecule has 0 bridgehead atoms. The van der Waals surface area contributed by atoms with Gasteiger partial charge in [-0.25, -0.2) is 4.98 Å². The number of pyridine rings is 1. The first-order valence-corrected chi connectivity index (χ1v) is 9.89. The first-order chi connectivity index (χ1) is 14.1. The van der Waals surface area contributed by atoms with Crippen LogP contribution in [0.3, 0.4) is 0 Å². The van der Waals surface area contributed by atoms with Crippen molar-refractivity contribution in [1.29, 1.82) is 10.7 Å². The fourth-order valence-electron chi connectivity index (χ4n) is 4.56. The highest BCUT2D eigenvalue weighted by Gasteiger charge is 2.22. The molecule has 0 fully saturated rings. The maximum Gasteiger partial charge on any atom is 0.118 e. The zero-order valence-corrected chi connectivity index (χ0v) is 16.3. The van der Waals surface area contributed by atoms with Crippen molar-refractivity contribution in [3.05, 3.63) is 58.8 Å². The third-order valence-electron chi connectivity index (χ3n) is 5.92. The number of nitriles is 1. The molecule has 0 atom stereocenters. The number of H-pyrrole nitrogens is 1. The summed E-state index contributed by atoms with van der Waals surface area (Å²) < 4.78 is 0. The van der Waals surface area contributed by atoms with Crippen molar-refractivity contribution in [3.63, 3.8) is 0 Å². The predicted octanol–water partition coefficient (Wildman–Crippen LogP) is 5.10. The van der Waals surface area contributed by atoms with Gasteiger partial charge in [0.05, 0.1) is 11.2 Å². The van der Waals surface area contributed by atoms with Gasteiger partial charge in [0.15, 0.2) is 0 Å². The lowest BCUT2D eigenvalue weighted by molar-refractivity contribution is 0.689. The van der Waals surface area contributed by atoms with Crippen molar-refractivity contribution in [2.75, 3.05) is 5.73 Å². The molecule has 5 nitrogen and oxygen atoms in total. The largest absolute Gasteiger partial charge is 0.398 e. The highest BCUT2D eigenvalue weighted by atomic mass is 14.7. The average Bonchev–Trinajstić information content (AvgIpc) is 3.16. The van der Waals surface area contributed by atoms with Crippen LogP contribution in [0.2, 0.25) is 0 Å². The molecule has 0 radical (unpaired) electrons. The molecule has 0 spiro atoms. The van der Waals surface area contributed by atoms with Crippen LogP contribution in [0.15, 0.2) is 36.4 Å². The van der Waals surface area contributed by atoms with E-state index in [0.29, 0.717) is 17.1 Å². The number of rotatable bonds is 2. The maximum atomic E-state index is 9.31. The first-order valence-electron chi connectivity index (χ1n) is 9.89. The normalized spacial score (nSPS) is 13.4. The summed E-state index contributed by atoms with van der Waals surface area (Å²) in [7, 11) is 0. The molecule has 29 heavy (non-hydrogen) atoms. The topological polar surface area (TPSA) is 102 Å². The van der Waals surface area contributed by atoms with Crippen LogP contribution in [0.1, 0.15) is 42.1 Å². The number of nitrogens with one attached hydrogen (secondary N) is 2. The molecule has 0 saturated carbocycles. The number of fused-ring (bicyclic) bond motifs is 5. The van der Waals surface area contributed by atoms with Crippen LogP contribution in [-0.4, -0.2) is 15.7 Å². The Morgan fingerprint density at radius 3 is 2.69 bits per heavy atom. The van der Waals surface area contributed by atoms with E-state index in [-0.39, 0.29) is 0 Å². The van der Waals surface area contributed by atoms with Crippen LogP contribution < -0.4 is 5.73 Å². The SMILES string of the molecule is CC(=N)c1cc(-c2nc3ccc4[nH]c(C#N)cc4c3c3c2CCCC3)ccc1N. The van der Waals surface area contributed by atoms with E-state index >= 15 is 0 Å². The van der Waals surface area contributed by atoms with Gasteiger partial charge in [-0.05, 0) is 74.1 Å². The summed E-state index contributed by atoms with van der Waals surface area (Å²) in [6.45, 7) is 1.76. The molecule has 0 aliphatic heterocycles. The highest BCUT2D eigenvalue weighted by molar-refractivity contribution is 6.09. The number of nitrogen functional groups attached to an aromatic ring is 1. The molecule has 4 N–H and O–H groups in total. The molecule has 1 aliphatic carbocycles. The minimum absolute atomic E-state index is 0.456. The van der Waals surface area contributed by atoms with E-state index in [9.17, 15) is 5.26 Å². The van der Waals surface area contributed by atoms with Crippen molar-refractivity contribution < 1.29 is 0 Å². The van der Waals surface area contributed by atoms with Crippen molar-refractivity contribution in [3.8, 4) is 17.3 Å². The molecule has 2 aromatic carbocycles. The molecule has 0 unspecified atom stereocenters. The van der Waals surface area contributed by atoms with E-state index in [4.69, 9.17) is 16.1 Å². The molecule has 5 heteroatoms. The molecule has 2 heterocycles. The van der Waals surface area contributed by atoms with Gasteiger partial charge in [0.25, 0.3) is 0 Å². The smallest absolute Gasteiger partial charge is 0.118 e. The fourth-order valence-corrected chi connectivity index (χ4v) is 4.56. The van der Waals surface area contributed by atoms with Gasteiger partial charge in [-0.1, -0.05) is 6.07 Å². The van der Waals surface area contributed by atoms with E-state index in [1.165, 1.54) is 11.1 Å². The summed E-state index contributed by atoms with van der Waals surface area (Å²) >= 11 is 0. The lowest BCUT2D eigenvalue weighted by Gasteiger charge is -2.22. The summed E-state index contributed by atoms with van der Waals surface area (Å²) in [5.41, 5.74) is 15.0. The van der Waals surface area contributed by atoms with Crippen molar-refractivity contribution in [2.24, 2.45) is 0 Å². The zero-order chi connectivity index (χ0) is 20.1. The lowest BCUT2D eigenvalue weighted by atomic mass is 9.85. The maximum absolute atomic E-state index is 9.31. The molecule has 0 saturated heterocycles. The Labute approximate surface area is 168 Å². The molecule has 5 rings (SSSR count). The number of anilines is 1. The molecule has 0 amide bonds. The lowest BCUT2D eigenvalue weighted by Crippen LogP contribution is -2.08. The summed E-state index contributed by atoms with van der Waals surface area (Å²) in [6.07, 6.45) is 4.30. The summed E-state index contributed by atoms with van der Waals surface area (Å²) in [4.78, 5) is 8.26. The van der Waals surface area contributed by atoms with Gasteiger partial charge in [-0.3, -0.25) is 0 Å². The number of aryl methyl sites for hydroxylation is 1. The van der Waals surface area contributed by atoms with Gasteiger partial charge in [-0.2, -0.15) is 5.26 Å². The van der Waals surface area contributed by atoms with Gasteiger partial charge >= 0.3 is 0 Å². The third-order valence-corrected chi connectivity index (χ3v) is 5.92. The quantitative estimate of drug-likeness (QED) is 0.333. The number of nitrogens with two attached hydrogens (primary N) is 1. The van der Waals surface area contributed by atoms with Gasteiger partial charge in [-0.15, -0.1) is 0 Å². The number of benzene rings is 2. The Bertz CT molecular complexity index is 1350. The van der Waals surface area contributed by atoms with Crippen molar-refractivity contribution >= 4 is 33.2 Å². The highest BCUT2D eigenvalue weighted by Crippen LogP contribution is 2.38. The van der Waals surface area contributed by atoms with E-state index < -0.39 is 0 Å². The monoisotopic (exact) mass is 379 g/mol. The number of nitrogens with zero attached hydrogens (tertiary/aromatic N) is 2. The van der Waals surface area contributed by atoms with Crippen LogP contribution >= 0.6 is 0 Å². The Morgan fingerprint density at radius 2 is 1.93 bits per heavy atom. The van der Waals surface area contributed by atoms with E-state index in [2.05, 4.69) is 11.1 Å². The minimum Gasteiger partial charge on any atom is -0.398 e. The van der Waals surface area contributed by atoms with Crippen LogP contribution in [0, 0.1) is 16.7 Å². The number of hydrogen-bond donors (Lipinski definition) is 3. The van der Waals surface area contributed by atoms with Crippen LogP contribution in [0.5, 0.6) is 0 Å². The zero-order valence-electron chi connectivity index (χ0n) is 16.3. The third kappa shape index (κ3) is 2.68. The molecule has 2 aromatic heterocycles. The Balaban J connectivity index is 1.84. The Hall–Kier alpha value is -3.65. The van der Waals surface area contributed by atoms with E-state index in [0.717, 1.165) is 64.3 Å². The average molecular weight is 379 g/mol. The fraction of sp³-hybridized carbons (Fsp3) is 0.208. The number of aromatic nitrogens is 2. The van der Waals surface area contributed by atoms with E-state index in [1.807, 2.05) is 36.4 Å². The molecular weight excluding hydrogens is 358 g/mol. The molecular formula is C24H21N5. The molecule has 4 aromatic rings. The van der Waals surface area contributed by atoms with E-state index in [1.54, 1.807) is 6.92 Å². The summed E-state index contributed by atoms with van der Waals surface area (Å²) in [5.74, 6) is 0. The second kappa shape index (κ2) is 6.46. The standard InChI is InChI=1S/C24H21N5/c1-13(26)18-10-14(6-7-20(18)27)24-17-5-3-2-4-16(17)23-19-11-15(12-25)28-21(19)8-9-22(23)29-24/h6-11,26,28H,2-5,27H2,1H3. The predicted molar refractivity (Wildman–Crippen MR) is 117 cm³/mol. The van der Waals surface area contributed by atoms with Gasteiger partial charge < -0.3 is 16.1 Å². The van der Waals surface area contributed by atoms with Crippen LogP contribution in [0.25, 0.3) is 33.1 Å². The summed E-state index contributed by atoms with van der Waals surface area (Å²) in [6, 6.07) is 14.1. The molecule has 1 aliphatic rings. The Kier molecular flexibility index (Phi) is 3.88. The van der Waals surface area contributed by atoms with Gasteiger partial charge in [0.1, 0.15) is 11.8 Å². The van der Waals surface area contributed by atoms with Crippen LogP contribution in [-0.2, 0) is 12.8 Å². The Morgan fingerprint density at radius 1 is 1.14 bits per heavy atom. The van der Waals surface area contributed by atoms with Gasteiger partial charge in [0, 0.05) is 38.8 Å². The molecule has 142 valence electrons. The second-order valence-electron chi connectivity index (χ2n) is 7.77. The van der Waals surface area contributed by atoms with Crippen LogP contribution in [0.4, 0.5) is 5.69 Å². The van der Waals surface area contributed by atoms with Crippen molar-refractivity contribution in [1.82, 2.24) is 9.97 Å². The number of aromatic amines is 1. The van der Waals surface area contributed by atoms with Gasteiger partial charge in [0.2, 0.25) is 0 Å². The first kappa shape index (κ1) is 17.4. The minimum atomic E-state index is 0.456.